The van der Waals surface area contributed by atoms with E-state index >= 15 is 0 Å². The molecule has 19 heavy (non-hydrogen) atoms. The molecular formula is C15H22N2O2. The molecule has 0 aliphatic rings. The predicted molar refractivity (Wildman–Crippen MR) is 78.3 cm³/mol. The Morgan fingerprint density at radius 3 is 2.32 bits per heavy atom. The Bertz CT molecular complexity index is 455. The molecule has 0 fully saturated rings. The van der Waals surface area contributed by atoms with E-state index in [9.17, 15) is 9.59 Å². The minimum absolute atomic E-state index is 0.0246. The lowest BCUT2D eigenvalue weighted by Crippen LogP contribution is -2.13. The highest BCUT2D eigenvalue weighted by Crippen LogP contribution is 2.23. The lowest BCUT2D eigenvalue weighted by Gasteiger charge is -2.12. The second-order valence-electron chi connectivity index (χ2n) is 4.66. The Kier molecular flexibility index (Phi) is 6.06. The molecule has 0 saturated heterocycles. The quantitative estimate of drug-likeness (QED) is 0.771. The fourth-order valence-electron chi connectivity index (χ4n) is 1.84. The average molecular weight is 262 g/mol. The maximum Gasteiger partial charge on any atom is 0.224 e. The van der Waals surface area contributed by atoms with Crippen molar-refractivity contribution in [3.05, 3.63) is 23.8 Å². The summed E-state index contributed by atoms with van der Waals surface area (Å²) in [4.78, 5) is 22.8. The molecule has 4 nitrogen and oxygen atoms in total. The molecule has 2 N–H and O–H groups in total. The van der Waals surface area contributed by atoms with Gasteiger partial charge in [0, 0.05) is 24.7 Å². The molecule has 1 aromatic rings. The number of amides is 2. The molecule has 4 heteroatoms. The summed E-state index contributed by atoms with van der Waals surface area (Å²) < 4.78 is 0. The maximum atomic E-state index is 11.8. The number of hydrogen-bond acceptors (Lipinski definition) is 2. The highest BCUT2D eigenvalue weighted by molar-refractivity contribution is 5.95. The van der Waals surface area contributed by atoms with Gasteiger partial charge in [-0.05, 0) is 31.0 Å². The summed E-state index contributed by atoms with van der Waals surface area (Å²) >= 11 is 0. The number of carbonyl (C=O) groups is 2. The van der Waals surface area contributed by atoms with Crippen LogP contribution in [-0.2, 0) is 9.59 Å². The standard InChI is InChI=1S/C15H22N2O2/c1-4-5-6-10-15(19)17-14-9-7-8-13(11(14)2)16-12(3)18/h7-9H,4-6,10H2,1-3H3,(H,16,18)(H,17,19). The van der Waals surface area contributed by atoms with Crippen molar-refractivity contribution in [2.45, 2.75) is 46.5 Å². The predicted octanol–water partition coefficient (Wildman–Crippen LogP) is 3.47. The molecule has 2 amide bonds. The first-order valence-corrected chi connectivity index (χ1v) is 6.71. The molecule has 0 spiro atoms. The molecule has 0 aromatic heterocycles. The number of rotatable bonds is 6. The summed E-state index contributed by atoms with van der Waals surface area (Å²) in [6.07, 6.45) is 3.62. The van der Waals surface area contributed by atoms with E-state index in [1.807, 2.05) is 25.1 Å². The second kappa shape index (κ2) is 7.56. The van der Waals surface area contributed by atoms with Crippen LogP contribution < -0.4 is 10.6 Å². The van der Waals surface area contributed by atoms with E-state index in [1.54, 1.807) is 0 Å². The lowest BCUT2D eigenvalue weighted by atomic mass is 10.1. The van der Waals surface area contributed by atoms with Gasteiger partial charge in [-0.25, -0.2) is 0 Å². The molecule has 0 bridgehead atoms. The summed E-state index contributed by atoms with van der Waals surface area (Å²) in [6, 6.07) is 5.49. The zero-order chi connectivity index (χ0) is 14.3. The SMILES string of the molecule is CCCCCC(=O)Nc1cccc(NC(C)=O)c1C. The third-order valence-electron chi connectivity index (χ3n) is 2.93. The summed E-state index contributed by atoms with van der Waals surface area (Å²) in [6.45, 7) is 5.46. The van der Waals surface area contributed by atoms with E-state index in [0.29, 0.717) is 6.42 Å². The van der Waals surface area contributed by atoms with Crippen molar-refractivity contribution < 1.29 is 9.59 Å². The smallest absolute Gasteiger partial charge is 0.224 e. The van der Waals surface area contributed by atoms with Crippen molar-refractivity contribution in [3.63, 3.8) is 0 Å². The molecule has 0 atom stereocenters. The third-order valence-corrected chi connectivity index (χ3v) is 2.93. The van der Waals surface area contributed by atoms with Crippen LogP contribution in [0.15, 0.2) is 18.2 Å². The molecule has 1 aromatic carbocycles. The highest BCUT2D eigenvalue weighted by Gasteiger charge is 2.08. The van der Waals surface area contributed by atoms with Gasteiger partial charge in [-0.2, -0.15) is 0 Å². The van der Waals surface area contributed by atoms with Crippen molar-refractivity contribution in [2.75, 3.05) is 10.6 Å². The maximum absolute atomic E-state index is 11.8. The number of unbranched alkanes of at least 4 members (excludes halogenated alkanes) is 2. The average Bonchev–Trinajstić information content (AvgIpc) is 2.34. The van der Waals surface area contributed by atoms with Crippen LogP contribution in [0.25, 0.3) is 0 Å². The van der Waals surface area contributed by atoms with Crippen LogP contribution in [0.4, 0.5) is 11.4 Å². The van der Waals surface area contributed by atoms with E-state index < -0.39 is 0 Å². The zero-order valence-corrected chi connectivity index (χ0v) is 11.9. The summed E-state index contributed by atoms with van der Waals surface area (Å²) in [7, 11) is 0. The van der Waals surface area contributed by atoms with Gasteiger partial charge in [0.2, 0.25) is 11.8 Å². The minimum Gasteiger partial charge on any atom is -0.326 e. The van der Waals surface area contributed by atoms with Gasteiger partial charge >= 0.3 is 0 Å². The fraction of sp³-hybridized carbons (Fsp3) is 0.467. The number of benzene rings is 1. The van der Waals surface area contributed by atoms with E-state index in [1.165, 1.54) is 6.92 Å². The highest BCUT2D eigenvalue weighted by atomic mass is 16.2. The third kappa shape index (κ3) is 5.12. The van der Waals surface area contributed by atoms with E-state index in [-0.39, 0.29) is 11.8 Å². The monoisotopic (exact) mass is 262 g/mol. The number of anilines is 2. The van der Waals surface area contributed by atoms with Crippen molar-refractivity contribution >= 4 is 23.2 Å². The van der Waals surface area contributed by atoms with Crippen LogP contribution in [0.3, 0.4) is 0 Å². The molecule has 0 saturated carbocycles. The van der Waals surface area contributed by atoms with E-state index in [2.05, 4.69) is 17.6 Å². The Hall–Kier alpha value is -1.84. The molecule has 0 aliphatic carbocycles. The second-order valence-corrected chi connectivity index (χ2v) is 4.66. The Balaban J connectivity index is 2.68. The number of nitrogens with one attached hydrogen (secondary N) is 2. The Morgan fingerprint density at radius 2 is 1.74 bits per heavy atom. The van der Waals surface area contributed by atoms with Gasteiger partial charge in [-0.1, -0.05) is 25.8 Å². The minimum atomic E-state index is -0.116. The van der Waals surface area contributed by atoms with Gasteiger partial charge in [-0.15, -0.1) is 0 Å². The van der Waals surface area contributed by atoms with Crippen LogP contribution in [0.1, 0.15) is 45.1 Å². The molecule has 0 unspecified atom stereocenters. The van der Waals surface area contributed by atoms with Gasteiger partial charge in [-0.3, -0.25) is 9.59 Å². The number of carbonyl (C=O) groups excluding carboxylic acids is 2. The summed E-state index contributed by atoms with van der Waals surface area (Å²) in [5, 5.41) is 5.64. The first-order chi connectivity index (χ1) is 9.04. The molecule has 0 aliphatic heterocycles. The van der Waals surface area contributed by atoms with E-state index in [4.69, 9.17) is 0 Å². The van der Waals surface area contributed by atoms with Crippen molar-refractivity contribution in [2.24, 2.45) is 0 Å². The van der Waals surface area contributed by atoms with Gasteiger partial charge in [0.05, 0.1) is 0 Å². The van der Waals surface area contributed by atoms with Gasteiger partial charge < -0.3 is 10.6 Å². The molecule has 0 heterocycles. The van der Waals surface area contributed by atoms with Crippen molar-refractivity contribution in [1.82, 2.24) is 0 Å². The van der Waals surface area contributed by atoms with Crippen LogP contribution in [0.5, 0.6) is 0 Å². The molecule has 1 rings (SSSR count). The Morgan fingerprint density at radius 1 is 1.11 bits per heavy atom. The topological polar surface area (TPSA) is 58.2 Å². The van der Waals surface area contributed by atoms with Gasteiger partial charge in [0.25, 0.3) is 0 Å². The van der Waals surface area contributed by atoms with Crippen LogP contribution in [0, 0.1) is 6.92 Å². The zero-order valence-electron chi connectivity index (χ0n) is 11.9. The first kappa shape index (κ1) is 15.2. The van der Waals surface area contributed by atoms with Crippen molar-refractivity contribution in [1.29, 1.82) is 0 Å². The van der Waals surface area contributed by atoms with Crippen LogP contribution >= 0.6 is 0 Å². The molecule has 104 valence electrons. The first-order valence-electron chi connectivity index (χ1n) is 6.71. The molecule has 0 radical (unpaired) electrons. The largest absolute Gasteiger partial charge is 0.326 e. The molecular weight excluding hydrogens is 240 g/mol. The number of hydrogen-bond donors (Lipinski definition) is 2. The van der Waals surface area contributed by atoms with Crippen LogP contribution in [0.2, 0.25) is 0 Å². The normalized spacial score (nSPS) is 10.1. The Labute approximate surface area is 114 Å². The summed E-state index contributed by atoms with van der Waals surface area (Å²) in [5.74, 6) is -0.0916. The summed E-state index contributed by atoms with van der Waals surface area (Å²) in [5.41, 5.74) is 2.37. The van der Waals surface area contributed by atoms with Gasteiger partial charge in [0.1, 0.15) is 0 Å². The lowest BCUT2D eigenvalue weighted by molar-refractivity contribution is -0.116. The van der Waals surface area contributed by atoms with Gasteiger partial charge in [0.15, 0.2) is 0 Å². The fourth-order valence-corrected chi connectivity index (χ4v) is 1.84. The van der Waals surface area contributed by atoms with Crippen molar-refractivity contribution in [3.8, 4) is 0 Å². The van der Waals surface area contributed by atoms with Crippen LogP contribution in [-0.4, -0.2) is 11.8 Å². The van der Waals surface area contributed by atoms with E-state index in [0.717, 1.165) is 36.2 Å².